The van der Waals surface area contributed by atoms with Crippen LogP contribution < -0.4 is 10.5 Å². The van der Waals surface area contributed by atoms with Crippen molar-refractivity contribution in [2.75, 3.05) is 31.1 Å². The average Bonchev–Trinajstić information content (AvgIpc) is 3.39. The van der Waals surface area contributed by atoms with Crippen molar-refractivity contribution < 1.29 is 14.3 Å². The first-order valence-corrected chi connectivity index (χ1v) is 12.4. The van der Waals surface area contributed by atoms with Crippen molar-refractivity contribution in [3.63, 3.8) is 0 Å². The fourth-order valence-corrected chi connectivity index (χ4v) is 5.85. The van der Waals surface area contributed by atoms with E-state index in [1.54, 1.807) is 23.2 Å². The minimum Gasteiger partial charge on any atom is -0.376 e. The number of fused-ring (bicyclic) bond motifs is 1. The molecule has 1 amide bonds. The van der Waals surface area contributed by atoms with Gasteiger partial charge in [0.15, 0.2) is 0 Å². The summed E-state index contributed by atoms with van der Waals surface area (Å²) >= 11 is 6.71. The van der Waals surface area contributed by atoms with Crippen LogP contribution in [-0.2, 0) is 14.3 Å². The molecule has 10 heteroatoms. The Morgan fingerprint density at radius 3 is 2.76 bits per heavy atom. The van der Waals surface area contributed by atoms with E-state index in [2.05, 4.69) is 4.90 Å². The SMILES string of the molecule is C[C@@H]1CN(c2nc3ccccn3c(=O)c2/C=C2\SC(=S)N(C[C@H]3CCCO3)C2=O)C[C@H](C)O1. The van der Waals surface area contributed by atoms with Crippen molar-refractivity contribution in [1.29, 1.82) is 0 Å². The highest BCUT2D eigenvalue weighted by Crippen LogP contribution is 2.34. The van der Waals surface area contributed by atoms with Crippen LogP contribution >= 0.6 is 24.0 Å². The number of carbonyl (C=O) groups is 1. The molecule has 0 aromatic carbocycles. The molecule has 5 rings (SSSR count). The predicted octanol–water partition coefficient (Wildman–Crippen LogP) is 2.69. The molecule has 5 heterocycles. The van der Waals surface area contributed by atoms with Crippen molar-refractivity contribution in [1.82, 2.24) is 14.3 Å². The third-order valence-electron chi connectivity index (χ3n) is 6.03. The molecule has 0 N–H and O–H groups in total. The van der Waals surface area contributed by atoms with E-state index in [-0.39, 0.29) is 29.8 Å². The predicted molar refractivity (Wildman–Crippen MR) is 133 cm³/mol. The number of thioether (sulfide) groups is 1. The van der Waals surface area contributed by atoms with E-state index in [0.29, 0.717) is 52.5 Å². The van der Waals surface area contributed by atoms with E-state index in [1.165, 1.54) is 16.2 Å². The Hall–Kier alpha value is -2.27. The molecule has 3 aliphatic rings. The summed E-state index contributed by atoms with van der Waals surface area (Å²) in [6.07, 6.45) is 5.28. The van der Waals surface area contributed by atoms with Gasteiger partial charge in [-0.2, -0.15) is 0 Å². The number of morpholine rings is 1. The minimum absolute atomic E-state index is 0.00208. The zero-order valence-corrected chi connectivity index (χ0v) is 20.2. The Morgan fingerprint density at radius 1 is 1.24 bits per heavy atom. The Bertz CT molecular complexity index is 1180. The highest BCUT2D eigenvalue weighted by Gasteiger charge is 2.35. The lowest BCUT2D eigenvalue weighted by molar-refractivity contribution is -0.123. The maximum Gasteiger partial charge on any atom is 0.267 e. The van der Waals surface area contributed by atoms with Gasteiger partial charge in [-0.15, -0.1) is 0 Å². The first kappa shape index (κ1) is 22.5. The van der Waals surface area contributed by atoms with Gasteiger partial charge in [0.2, 0.25) is 0 Å². The Kier molecular flexibility index (Phi) is 6.26. The minimum atomic E-state index is -0.216. The summed E-state index contributed by atoms with van der Waals surface area (Å²) in [5.41, 5.74) is 0.733. The Morgan fingerprint density at radius 2 is 2.03 bits per heavy atom. The zero-order chi connectivity index (χ0) is 23.1. The number of amides is 1. The van der Waals surface area contributed by atoms with E-state index in [0.717, 1.165) is 12.8 Å². The fourth-order valence-electron chi connectivity index (χ4n) is 4.59. The van der Waals surface area contributed by atoms with Crippen molar-refractivity contribution in [2.45, 2.75) is 45.0 Å². The summed E-state index contributed by atoms with van der Waals surface area (Å²) in [5.74, 6) is 0.380. The van der Waals surface area contributed by atoms with Gasteiger partial charge in [0.25, 0.3) is 11.5 Å². The Labute approximate surface area is 201 Å². The molecule has 3 aliphatic heterocycles. The number of hydrogen-bond donors (Lipinski definition) is 0. The van der Waals surface area contributed by atoms with Crippen molar-refractivity contribution >= 4 is 51.7 Å². The van der Waals surface area contributed by atoms with E-state index in [4.69, 9.17) is 26.7 Å². The normalized spacial score (nSPS) is 27.3. The largest absolute Gasteiger partial charge is 0.376 e. The molecular weight excluding hydrogens is 460 g/mol. The number of pyridine rings is 1. The number of thiocarbonyl (C=S) groups is 1. The van der Waals surface area contributed by atoms with E-state index in [9.17, 15) is 9.59 Å². The lowest BCUT2D eigenvalue weighted by Crippen LogP contribution is -2.46. The number of anilines is 1. The van der Waals surface area contributed by atoms with Crippen LogP contribution in [0.4, 0.5) is 5.82 Å². The molecule has 2 aromatic heterocycles. The van der Waals surface area contributed by atoms with E-state index >= 15 is 0 Å². The first-order chi connectivity index (χ1) is 15.9. The van der Waals surface area contributed by atoms with Crippen molar-refractivity contribution in [3.05, 3.63) is 45.2 Å². The lowest BCUT2D eigenvalue weighted by Gasteiger charge is -2.36. The zero-order valence-electron chi connectivity index (χ0n) is 18.6. The third-order valence-corrected chi connectivity index (χ3v) is 7.41. The number of ether oxygens (including phenoxy) is 2. The van der Waals surface area contributed by atoms with Gasteiger partial charge in [0, 0.05) is 25.9 Å². The number of carbonyl (C=O) groups excluding carboxylic acids is 1. The Balaban J connectivity index is 1.56. The monoisotopic (exact) mass is 486 g/mol. The molecule has 0 radical (unpaired) electrons. The standard InChI is InChI=1S/C23H26N4O4S2/c1-14-11-25(12-15(2)31-14)20-17(21(28)26-8-4-3-7-19(26)24-20)10-18-22(29)27(23(32)33-18)13-16-6-5-9-30-16/h3-4,7-8,10,14-16H,5-6,9,11-13H2,1-2H3/b18-10-/t14-,15+,16-/m1/s1. The van der Waals surface area contributed by atoms with Crippen LogP contribution in [0.3, 0.4) is 0 Å². The number of rotatable bonds is 4. The van der Waals surface area contributed by atoms with Gasteiger partial charge in [0.1, 0.15) is 15.8 Å². The quantitative estimate of drug-likeness (QED) is 0.482. The molecule has 174 valence electrons. The van der Waals surface area contributed by atoms with Crippen LogP contribution in [0, 0.1) is 0 Å². The van der Waals surface area contributed by atoms with Crippen LogP contribution in [0.15, 0.2) is 34.1 Å². The molecule has 0 bridgehead atoms. The molecule has 8 nitrogen and oxygen atoms in total. The molecule has 33 heavy (non-hydrogen) atoms. The van der Waals surface area contributed by atoms with Gasteiger partial charge in [0.05, 0.1) is 35.3 Å². The fraction of sp³-hybridized carbons (Fsp3) is 0.478. The average molecular weight is 487 g/mol. The van der Waals surface area contributed by atoms with Gasteiger partial charge in [-0.3, -0.25) is 18.9 Å². The van der Waals surface area contributed by atoms with E-state index < -0.39 is 0 Å². The van der Waals surface area contributed by atoms with Gasteiger partial charge < -0.3 is 14.4 Å². The number of hydrogen-bond acceptors (Lipinski definition) is 8. The summed E-state index contributed by atoms with van der Waals surface area (Å²) in [4.78, 5) is 35.6. The second-order valence-corrected chi connectivity index (χ2v) is 10.3. The molecule has 0 saturated carbocycles. The van der Waals surface area contributed by atoms with Crippen LogP contribution in [0.1, 0.15) is 32.3 Å². The number of nitrogens with zero attached hydrogens (tertiary/aromatic N) is 4. The summed E-state index contributed by atoms with van der Waals surface area (Å²) in [6.45, 7) is 6.40. The van der Waals surface area contributed by atoms with E-state index in [1.807, 2.05) is 26.0 Å². The molecule has 3 saturated heterocycles. The highest BCUT2D eigenvalue weighted by atomic mass is 32.2. The summed E-state index contributed by atoms with van der Waals surface area (Å²) in [6, 6.07) is 5.45. The maximum absolute atomic E-state index is 13.5. The van der Waals surface area contributed by atoms with Crippen LogP contribution in [-0.4, -0.2) is 69.1 Å². The van der Waals surface area contributed by atoms with Gasteiger partial charge in [-0.05, 0) is 44.9 Å². The summed E-state index contributed by atoms with van der Waals surface area (Å²) in [7, 11) is 0. The molecule has 3 atom stereocenters. The third kappa shape index (κ3) is 4.44. The second kappa shape index (κ2) is 9.17. The van der Waals surface area contributed by atoms with Gasteiger partial charge in [-0.25, -0.2) is 4.98 Å². The van der Waals surface area contributed by atoms with Crippen LogP contribution in [0.5, 0.6) is 0 Å². The molecule has 0 spiro atoms. The number of aromatic nitrogens is 2. The van der Waals surface area contributed by atoms with Crippen molar-refractivity contribution in [2.24, 2.45) is 0 Å². The van der Waals surface area contributed by atoms with Gasteiger partial charge in [-0.1, -0.05) is 30.0 Å². The van der Waals surface area contributed by atoms with Crippen LogP contribution in [0.2, 0.25) is 0 Å². The maximum atomic E-state index is 13.5. The highest BCUT2D eigenvalue weighted by molar-refractivity contribution is 8.26. The molecule has 0 unspecified atom stereocenters. The van der Waals surface area contributed by atoms with Gasteiger partial charge >= 0.3 is 0 Å². The topological polar surface area (TPSA) is 76.4 Å². The molecule has 2 aromatic rings. The van der Waals surface area contributed by atoms with Crippen LogP contribution in [0.25, 0.3) is 11.7 Å². The van der Waals surface area contributed by atoms with Crippen molar-refractivity contribution in [3.8, 4) is 0 Å². The molecular formula is C23H26N4O4S2. The molecule has 3 fully saturated rings. The summed E-state index contributed by atoms with van der Waals surface area (Å²) < 4.78 is 13.6. The first-order valence-electron chi connectivity index (χ1n) is 11.2. The molecule has 0 aliphatic carbocycles. The summed E-state index contributed by atoms with van der Waals surface area (Å²) in [5, 5.41) is 0. The smallest absolute Gasteiger partial charge is 0.267 e. The second-order valence-electron chi connectivity index (χ2n) is 8.67. The lowest BCUT2D eigenvalue weighted by atomic mass is 10.1.